The van der Waals surface area contributed by atoms with Gasteiger partial charge in [-0.05, 0) is 34.3 Å². The van der Waals surface area contributed by atoms with Gasteiger partial charge >= 0.3 is 0 Å². The maximum atomic E-state index is 13.4. The van der Waals surface area contributed by atoms with Crippen molar-refractivity contribution in [3.05, 3.63) is 38.1 Å². The molecule has 94 valence electrons. The van der Waals surface area contributed by atoms with Crippen LogP contribution in [0.1, 0.15) is 19.4 Å². The molecule has 0 radical (unpaired) electrons. The number of nitrogens with zero attached hydrogens (tertiary/aromatic N) is 1. The molecule has 1 unspecified atom stereocenters. The quantitative estimate of drug-likeness (QED) is 0.686. The van der Waals surface area contributed by atoms with E-state index in [2.05, 4.69) is 15.9 Å². The van der Waals surface area contributed by atoms with Crippen LogP contribution in [0.4, 0.5) is 10.1 Å². The summed E-state index contributed by atoms with van der Waals surface area (Å²) < 4.78 is 13.5. The zero-order chi connectivity index (χ0) is 13.2. The Labute approximate surface area is 107 Å². The maximum Gasteiger partial charge on any atom is 0.273 e. The summed E-state index contributed by atoms with van der Waals surface area (Å²) >= 11 is 2.93. The molecule has 0 aromatic heterocycles. The highest BCUT2D eigenvalue weighted by atomic mass is 79.9. The summed E-state index contributed by atoms with van der Waals surface area (Å²) in [7, 11) is 0. The van der Waals surface area contributed by atoms with Crippen LogP contribution in [0.2, 0.25) is 0 Å². The number of hydrogen-bond donors (Lipinski definition) is 1. The fourth-order valence-electron chi connectivity index (χ4n) is 1.40. The van der Waals surface area contributed by atoms with Gasteiger partial charge < -0.3 is 5.73 Å². The zero-order valence-corrected chi connectivity index (χ0v) is 11.2. The number of nitrogens with two attached hydrogens (primary N) is 1. The molecule has 4 nitrogen and oxygen atoms in total. The monoisotopic (exact) mass is 304 g/mol. The Morgan fingerprint density at radius 3 is 2.59 bits per heavy atom. The van der Waals surface area contributed by atoms with Crippen molar-refractivity contribution in [3.63, 3.8) is 0 Å². The summed E-state index contributed by atoms with van der Waals surface area (Å²) in [6, 6.07) is 2.12. The van der Waals surface area contributed by atoms with Gasteiger partial charge in [0, 0.05) is 17.7 Å². The van der Waals surface area contributed by atoms with Crippen molar-refractivity contribution in [2.75, 3.05) is 0 Å². The van der Waals surface area contributed by atoms with Crippen molar-refractivity contribution < 1.29 is 9.31 Å². The summed E-state index contributed by atoms with van der Waals surface area (Å²) in [5.74, 6) is -0.331. The Kier molecular flexibility index (Phi) is 4.59. The van der Waals surface area contributed by atoms with Crippen LogP contribution in [0.15, 0.2) is 16.6 Å². The average Bonchev–Trinajstić information content (AvgIpc) is 2.22. The van der Waals surface area contributed by atoms with Crippen LogP contribution in [0.25, 0.3) is 0 Å². The van der Waals surface area contributed by atoms with E-state index < -0.39 is 10.7 Å². The first-order valence-corrected chi connectivity index (χ1v) is 6.00. The van der Waals surface area contributed by atoms with Crippen LogP contribution in [0, 0.1) is 21.8 Å². The first-order chi connectivity index (χ1) is 7.82. The lowest BCUT2D eigenvalue weighted by Gasteiger charge is -2.15. The number of halogens is 2. The smallest absolute Gasteiger partial charge is 0.273 e. The van der Waals surface area contributed by atoms with Gasteiger partial charge in [0.2, 0.25) is 0 Å². The molecule has 1 rings (SSSR count). The highest BCUT2D eigenvalue weighted by Crippen LogP contribution is 2.27. The molecule has 0 spiro atoms. The molecule has 0 aliphatic heterocycles. The minimum absolute atomic E-state index is 0.0890. The number of benzene rings is 1. The predicted octanol–water partition coefficient (Wildman–Crippen LogP) is 3.02. The molecule has 0 fully saturated rings. The van der Waals surface area contributed by atoms with Gasteiger partial charge in [-0.3, -0.25) is 10.1 Å². The van der Waals surface area contributed by atoms with Gasteiger partial charge in [-0.25, -0.2) is 4.39 Å². The van der Waals surface area contributed by atoms with Crippen molar-refractivity contribution in [1.29, 1.82) is 0 Å². The summed E-state index contributed by atoms with van der Waals surface area (Å²) in [6.07, 6.45) is 0.290. The highest BCUT2D eigenvalue weighted by Gasteiger charge is 2.20. The normalized spacial score (nSPS) is 12.8. The Bertz CT molecular complexity index is 438. The Morgan fingerprint density at radius 1 is 1.53 bits per heavy atom. The van der Waals surface area contributed by atoms with E-state index in [-0.39, 0.29) is 28.5 Å². The lowest BCUT2D eigenvalue weighted by Crippen LogP contribution is -2.29. The van der Waals surface area contributed by atoms with Crippen LogP contribution in [-0.2, 0) is 6.42 Å². The van der Waals surface area contributed by atoms with E-state index in [9.17, 15) is 14.5 Å². The van der Waals surface area contributed by atoms with E-state index >= 15 is 0 Å². The second-order valence-corrected chi connectivity index (χ2v) is 5.12. The van der Waals surface area contributed by atoms with Gasteiger partial charge in [0.15, 0.2) is 0 Å². The second-order valence-electron chi connectivity index (χ2n) is 4.26. The average molecular weight is 305 g/mol. The van der Waals surface area contributed by atoms with E-state index in [1.54, 1.807) is 0 Å². The zero-order valence-electron chi connectivity index (χ0n) is 9.61. The fraction of sp³-hybridized carbons (Fsp3) is 0.455. The summed E-state index contributed by atoms with van der Waals surface area (Å²) in [5.41, 5.74) is 6.08. The SMILES string of the molecule is CC(C)C(N)Cc1cc(F)c(Br)cc1[N+](=O)[O-]. The molecule has 0 aliphatic carbocycles. The van der Waals surface area contributed by atoms with Crippen LogP contribution in [-0.4, -0.2) is 11.0 Å². The molecule has 2 N–H and O–H groups in total. The molecule has 0 saturated heterocycles. The van der Waals surface area contributed by atoms with Gasteiger partial charge in [-0.1, -0.05) is 13.8 Å². The van der Waals surface area contributed by atoms with Crippen molar-refractivity contribution in [3.8, 4) is 0 Å². The van der Waals surface area contributed by atoms with Crippen LogP contribution in [0.5, 0.6) is 0 Å². The first-order valence-electron chi connectivity index (χ1n) is 5.20. The third-order valence-corrected chi connectivity index (χ3v) is 3.24. The molecule has 1 aromatic rings. The molecular formula is C11H14BrFN2O2. The number of nitro benzene ring substituents is 1. The molecular weight excluding hydrogens is 291 g/mol. The molecule has 17 heavy (non-hydrogen) atoms. The lowest BCUT2D eigenvalue weighted by atomic mass is 9.96. The summed E-state index contributed by atoms with van der Waals surface area (Å²) in [6.45, 7) is 3.84. The maximum absolute atomic E-state index is 13.4. The summed E-state index contributed by atoms with van der Waals surface area (Å²) in [5, 5.41) is 10.9. The molecule has 1 aromatic carbocycles. The first kappa shape index (κ1) is 14.1. The van der Waals surface area contributed by atoms with Crippen molar-refractivity contribution >= 4 is 21.6 Å². The largest absolute Gasteiger partial charge is 0.327 e. The van der Waals surface area contributed by atoms with Crippen molar-refractivity contribution in [2.24, 2.45) is 11.7 Å². The van der Waals surface area contributed by atoms with Crippen LogP contribution >= 0.6 is 15.9 Å². The van der Waals surface area contributed by atoms with Crippen molar-refractivity contribution in [1.82, 2.24) is 0 Å². The number of rotatable bonds is 4. The van der Waals surface area contributed by atoms with E-state index in [1.165, 1.54) is 12.1 Å². The molecule has 6 heteroatoms. The van der Waals surface area contributed by atoms with Gasteiger partial charge in [-0.2, -0.15) is 0 Å². The third-order valence-electron chi connectivity index (χ3n) is 2.63. The van der Waals surface area contributed by atoms with Gasteiger partial charge in [0.05, 0.1) is 9.40 Å². The molecule has 0 bridgehead atoms. The Morgan fingerprint density at radius 2 is 2.12 bits per heavy atom. The van der Waals surface area contributed by atoms with E-state index in [0.29, 0.717) is 5.56 Å². The van der Waals surface area contributed by atoms with Gasteiger partial charge in [0.25, 0.3) is 5.69 Å². The molecule has 0 saturated carbocycles. The standard InChI is InChI=1S/C11H14BrFN2O2/c1-6(2)10(14)4-7-3-9(13)8(12)5-11(7)15(16)17/h3,5-6,10H,4,14H2,1-2H3. The minimum Gasteiger partial charge on any atom is -0.327 e. The third kappa shape index (κ3) is 3.47. The van der Waals surface area contributed by atoms with Gasteiger partial charge in [0.1, 0.15) is 5.82 Å². The molecule has 0 aliphatic rings. The molecule has 0 heterocycles. The second kappa shape index (κ2) is 5.55. The molecule has 0 amide bonds. The topological polar surface area (TPSA) is 69.2 Å². The fourth-order valence-corrected chi connectivity index (χ4v) is 1.73. The van der Waals surface area contributed by atoms with E-state index in [4.69, 9.17) is 5.73 Å². The van der Waals surface area contributed by atoms with Gasteiger partial charge in [-0.15, -0.1) is 0 Å². The predicted molar refractivity (Wildman–Crippen MR) is 67.3 cm³/mol. The van der Waals surface area contributed by atoms with E-state index in [0.717, 1.165) is 0 Å². The Balaban J connectivity index is 3.13. The highest BCUT2D eigenvalue weighted by molar-refractivity contribution is 9.10. The summed E-state index contributed by atoms with van der Waals surface area (Å²) in [4.78, 5) is 10.3. The minimum atomic E-state index is -0.521. The van der Waals surface area contributed by atoms with Crippen LogP contribution in [0.3, 0.4) is 0 Å². The van der Waals surface area contributed by atoms with E-state index in [1.807, 2.05) is 13.8 Å². The number of hydrogen-bond acceptors (Lipinski definition) is 3. The lowest BCUT2D eigenvalue weighted by molar-refractivity contribution is -0.385. The number of nitro groups is 1. The Hall–Kier alpha value is -1.01. The van der Waals surface area contributed by atoms with Crippen molar-refractivity contribution in [2.45, 2.75) is 26.3 Å². The van der Waals surface area contributed by atoms with Crippen LogP contribution < -0.4 is 5.73 Å². The molecule has 1 atom stereocenters.